The normalized spacial score (nSPS) is 10.9. The lowest BCUT2D eigenvalue weighted by Crippen LogP contribution is -2.40. The lowest BCUT2D eigenvalue weighted by atomic mass is 10.3. The van der Waals surface area contributed by atoms with Crippen molar-refractivity contribution >= 4 is 0 Å². The van der Waals surface area contributed by atoms with Crippen molar-refractivity contribution < 1.29 is 5.11 Å². The average molecular weight is 331 g/mol. The molecule has 0 unspecified atom stereocenters. The zero-order valence-corrected chi connectivity index (χ0v) is 12.8. The number of aromatic amines is 1. The number of nitrogens with one attached hydrogen (secondary N) is 1. The van der Waals surface area contributed by atoms with E-state index in [1.165, 1.54) is 14.1 Å². The van der Waals surface area contributed by atoms with Crippen LogP contribution in [0.1, 0.15) is 0 Å². The second kappa shape index (κ2) is 5.26. The zero-order valence-electron chi connectivity index (χ0n) is 12.8. The van der Waals surface area contributed by atoms with Crippen LogP contribution in [-0.2, 0) is 14.1 Å². The summed E-state index contributed by atoms with van der Waals surface area (Å²) in [4.78, 5) is 48.7. The van der Waals surface area contributed by atoms with E-state index in [0.29, 0.717) is 10.4 Å². The third-order valence-corrected chi connectivity index (χ3v) is 3.64. The van der Waals surface area contributed by atoms with Gasteiger partial charge in [0.05, 0.1) is 5.69 Å². The number of rotatable bonds is 2. The van der Waals surface area contributed by atoms with E-state index in [1.807, 2.05) is 0 Å². The van der Waals surface area contributed by atoms with Gasteiger partial charge in [0.15, 0.2) is 5.69 Å². The Balaban J connectivity index is 2.40. The molecule has 124 valence electrons. The smallest absolute Gasteiger partial charge is 0.356 e. The fourth-order valence-corrected chi connectivity index (χ4v) is 2.35. The minimum Gasteiger partial charge on any atom is -0.493 e. The molecule has 2 aromatic heterocycles. The number of hydrogen-bond acceptors (Lipinski definition) is 5. The van der Waals surface area contributed by atoms with Crippen molar-refractivity contribution in [3.8, 4) is 17.3 Å². The van der Waals surface area contributed by atoms with Gasteiger partial charge in [-0.05, 0) is 12.1 Å². The van der Waals surface area contributed by atoms with E-state index in [2.05, 4.69) is 5.10 Å². The van der Waals surface area contributed by atoms with Crippen molar-refractivity contribution in [2.45, 2.75) is 0 Å². The molecule has 0 saturated carbocycles. The predicted octanol–water partition coefficient (Wildman–Crippen LogP) is -1.58. The minimum absolute atomic E-state index is 0.295. The minimum atomic E-state index is -0.917. The van der Waals surface area contributed by atoms with Crippen LogP contribution in [0.4, 0.5) is 0 Å². The van der Waals surface area contributed by atoms with Crippen LogP contribution in [0.15, 0.2) is 49.5 Å². The molecular weight excluding hydrogens is 318 g/mol. The average Bonchev–Trinajstić information content (AvgIpc) is 2.86. The molecule has 0 saturated heterocycles. The number of benzene rings is 1. The first-order valence-electron chi connectivity index (χ1n) is 6.83. The molecule has 0 radical (unpaired) electrons. The van der Waals surface area contributed by atoms with Gasteiger partial charge in [-0.15, -0.1) is 0 Å². The molecule has 1 aromatic carbocycles. The van der Waals surface area contributed by atoms with Crippen molar-refractivity contribution in [3.63, 3.8) is 0 Å². The van der Waals surface area contributed by atoms with Crippen molar-refractivity contribution in [1.82, 2.24) is 23.5 Å². The Bertz CT molecular complexity index is 1160. The molecule has 0 atom stereocenters. The number of hydrogen-bond donors (Lipinski definition) is 2. The lowest BCUT2D eigenvalue weighted by molar-refractivity contribution is 0.405. The number of para-hydroxylation sites is 1. The highest BCUT2D eigenvalue weighted by molar-refractivity contribution is 5.39. The molecule has 24 heavy (non-hydrogen) atoms. The van der Waals surface area contributed by atoms with E-state index in [4.69, 9.17) is 0 Å². The molecule has 10 heteroatoms. The molecule has 2 heterocycles. The molecule has 3 rings (SSSR count). The van der Waals surface area contributed by atoms with Gasteiger partial charge in [0.25, 0.3) is 5.56 Å². The summed E-state index contributed by atoms with van der Waals surface area (Å²) in [7, 11) is 2.43. The second-order valence-corrected chi connectivity index (χ2v) is 5.08. The van der Waals surface area contributed by atoms with Gasteiger partial charge in [-0.25, -0.2) is 24.0 Å². The quantitative estimate of drug-likeness (QED) is 0.586. The zero-order chi connectivity index (χ0) is 17.6. The first-order chi connectivity index (χ1) is 11.3. The second-order valence-electron chi connectivity index (χ2n) is 5.08. The van der Waals surface area contributed by atoms with Crippen LogP contribution in [-0.4, -0.2) is 28.6 Å². The predicted molar refractivity (Wildman–Crippen MR) is 84.1 cm³/mol. The van der Waals surface area contributed by atoms with Gasteiger partial charge in [0, 0.05) is 14.1 Å². The summed E-state index contributed by atoms with van der Waals surface area (Å²) in [5, 5.41) is 12.3. The Hall–Kier alpha value is -3.56. The van der Waals surface area contributed by atoms with Gasteiger partial charge in [-0.3, -0.25) is 13.9 Å². The fraction of sp³-hybridized carbons (Fsp3) is 0.143. The van der Waals surface area contributed by atoms with E-state index < -0.39 is 34.2 Å². The first-order valence-corrected chi connectivity index (χ1v) is 6.83. The monoisotopic (exact) mass is 331 g/mol. The van der Waals surface area contributed by atoms with E-state index in [0.717, 1.165) is 13.7 Å². The van der Waals surface area contributed by atoms with E-state index in [9.17, 15) is 24.3 Å². The fourth-order valence-electron chi connectivity index (χ4n) is 2.35. The van der Waals surface area contributed by atoms with Crippen LogP contribution < -0.4 is 22.6 Å². The van der Waals surface area contributed by atoms with Crippen LogP contribution >= 0.6 is 0 Å². The first kappa shape index (κ1) is 15.3. The number of H-pyrrole nitrogens is 1. The van der Waals surface area contributed by atoms with Crippen LogP contribution in [0.2, 0.25) is 0 Å². The largest absolute Gasteiger partial charge is 0.493 e. The maximum atomic E-state index is 12.6. The molecule has 0 spiro atoms. The molecule has 0 fully saturated rings. The highest BCUT2D eigenvalue weighted by atomic mass is 16.3. The van der Waals surface area contributed by atoms with Crippen molar-refractivity contribution in [2.75, 3.05) is 0 Å². The summed E-state index contributed by atoms with van der Waals surface area (Å²) in [5.41, 5.74) is -3.57. The molecular formula is C14H13N5O5. The maximum absolute atomic E-state index is 12.6. The SMILES string of the molecule is Cn1c(O)c(-n2[nH]c(=O)n(-c3ccccc3)c2=O)c(=O)n(C)c1=O. The Kier molecular flexibility index (Phi) is 3.36. The van der Waals surface area contributed by atoms with Gasteiger partial charge in [-0.1, -0.05) is 18.2 Å². The van der Waals surface area contributed by atoms with Crippen LogP contribution in [0.3, 0.4) is 0 Å². The van der Waals surface area contributed by atoms with Gasteiger partial charge in [0.1, 0.15) is 0 Å². The van der Waals surface area contributed by atoms with E-state index in [1.54, 1.807) is 30.3 Å². The molecule has 0 aliphatic heterocycles. The highest BCUT2D eigenvalue weighted by Crippen LogP contribution is 2.11. The van der Waals surface area contributed by atoms with Gasteiger partial charge in [0.2, 0.25) is 5.88 Å². The van der Waals surface area contributed by atoms with Crippen molar-refractivity contribution in [1.29, 1.82) is 0 Å². The Morgan fingerprint density at radius 2 is 1.54 bits per heavy atom. The lowest BCUT2D eigenvalue weighted by Gasteiger charge is -2.09. The summed E-state index contributed by atoms with van der Waals surface area (Å²) in [6.07, 6.45) is 0. The Morgan fingerprint density at radius 1 is 0.917 bits per heavy atom. The molecule has 0 bridgehead atoms. The topological polar surface area (TPSA) is 124 Å². The molecule has 0 aliphatic carbocycles. The summed E-state index contributed by atoms with van der Waals surface area (Å²) in [6.45, 7) is 0. The number of nitrogens with zero attached hydrogens (tertiary/aromatic N) is 4. The maximum Gasteiger partial charge on any atom is 0.356 e. The number of aromatic hydroxyl groups is 1. The van der Waals surface area contributed by atoms with E-state index >= 15 is 0 Å². The van der Waals surface area contributed by atoms with Crippen LogP contribution in [0, 0.1) is 0 Å². The molecule has 2 N–H and O–H groups in total. The Labute approximate surface area is 133 Å². The summed E-state index contributed by atoms with van der Waals surface area (Å²) in [6, 6.07) is 8.08. The van der Waals surface area contributed by atoms with Crippen molar-refractivity contribution in [2.24, 2.45) is 14.1 Å². The van der Waals surface area contributed by atoms with Crippen molar-refractivity contribution in [3.05, 3.63) is 72.1 Å². The Morgan fingerprint density at radius 3 is 2.17 bits per heavy atom. The summed E-state index contributed by atoms with van der Waals surface area (Å²) in [5.74, 6) is -0.730. The molecule has 10 nitrogen and oxygen atoms in total. The highest BCUT2D eigenvalue weighted by Gasteiger charge is 2.21. The van der Waals surface area contributed by atoms with Crippen LogP contribution in [0.25, 0.3) is 11.4 Å². The summed E-state index contributed by atoms with van der Waals surface area (Å²) >= 11 is 0. The van der Waals surface area contributed by atoms with Crippen LogP contribution in [0.5, 0.6) is 5.88 Å². The van der Waals surface area contributed by atoms with Gasteiger partial charge >= 0.3 is 17.1 Å². The third kappa shape index (κ3) is 2.04. The molecule has 0 amide bonds. The summed E-state index contributed by atoms with van der Waals surface area (Å²) < 4.78 is 2.94. The van der Waals surface area contributed by atoms with E-state index in [-0.39, 0.29) is 0 Å². The standard InChI is InChI=1S/C14H13N5O5/c1-16-10(20)9(11(21)17(2)13(16)23)19-14(24)18(12(22)15-19)8-6-4-3-5-7-8/h3-7,20H,1-2H3,(H,15,22). The number of aromatic nitrogens is 5. The van der Waals surface area contributed by atoms with Gasteiger partial charge in [-0.2, -0.15) is 4.68 Å². The molecule has 3 aromatic rings. The molecule has 0 aliphatic rings. The van der Waals surface area contributed by atoms with Gasteiger partial charge < -0.3 is 5.11 Å². The third-order valence-electron chi connectivity index (χ3n) is 3.64.